The number of nitrogens with zero attached hydrogens (tertiary/aromatic N) is 3. The van der Waals surface area contributed by atoms with E-state index in [-0.39, 0.29) is 28.8 Å². The van der Waals surface area contributed by atoms with Crippen molar-refractivity contribution in [3.05, 3.63) is 63.3 Å². The number of sulfonamides is 1. The molecule has 0 amide bonds. The van der Waals surface area contributed by atoms with Gasteiger partial charge in [-0.25, -0.2) is 12.8 Å². The molecule has 1 saturated heterocycles. The van der Waals surface area contributed by atoms with Gasteiger partial charge in [0, 0.05) is 30.7 Å². The zero-order valence-electron chi connectivity index (χ0n) is 14.1. The molecule has 2 aromatic carbocycles. The minimum atomic E-state index is -3.71. The number of piperazine rings is 1. The summed E-state index contributed by atoms with van der Waals surface area (Å²) in [6.45, 7) is 1.27. The topological polar surface area (TPSA) is 64.4 Å². The van der Waals surface area contributed by atoms with Gasteiger partial charge in [0.15, 0.2) is 0 Å². The van der Waals surface area contributed by atoms with Crippen molar-refractivity contribution in [2.45, 2.75) is 10.9 Å². The maximum absolute atomic E-state index is 13.1. The minimum absolute atomic E-state index is 0.0659. The van der Waals surface area contributed by atoms with Gasteiger partial charge in [-0.05, 0) is 35.9 Å². The van der Waals surface area contributed by atoms with Crippen LogP contribution in [0.15, 0.2) is 51.8 Å². The van der Waals surface area contributed by atoms with E-state index in [1.807, 2.05) is 4.90 Å². The zero-order chi connectivity index (χ0) is 19.6. The molecule has 0 aromatic heterocycles. The average Bonchev–Trinajstić information content (AvgIpc) is 2.64. The lowest BCUT2D eigenvalue weighted by molar-refractivity contribution is 0.162. The molecule has 1 fully saturated rings. The first-order valence-corrected chi connectivity index (χ1v) is 10.8. The van der Waals surface area contributed by atoms with Crippen LogP contribution in [0.1, 0.15) is 11.6 Å². The Morgan fingerprint density at radius 2 is 1.74 bits per heavy atom. The normalized spacial score (nSPS) is 17.4. The number of hydrogen-bond donors (Lipinski definition) is 0. The minimum Gasteiger partial charge on any atom is -0.282 e. The second-order valence-corrected chi connectivity index (χ2v) is 9.33. The van der Waals surface area contributed by atoms with Crippen LogP contribution in [0, 0.1) is 17.1 Å². The van der Waals surface area contributed by atoms with Crippen molar-refractivity contribution >= 4 is 37.6 Å². The van der Waals surface area contributed by atoms with Crippen LogP contribution < -0.4 is 0 Å². The fraction of sp³-hybridized carbons (Fsp3) is 0.278. The smallest absolute Gasteiger partial charge is 0.244 e. The monoisotopic (exact) mass is 471 g/mol. The van der Waals surface area contributed by atoms with Crippen molar-refractivity contribution in [1.29, 1.82) is 5.26 Å². The first-order valence-electron chi connectivity index (χ1n) is 8.17. The Hall–Kier alpha value is -1.50. The van der Waals surface area contributed by atoms with Crippen molar-refractivity contribution < 1.29 is 12.8 Å². The largest absolute Gasteiger partial charge is 0.282 e. The number of rotatable bonds is 4. The van der Waals surface area contributed by atoms with E-state index in [1.54, 1.807) is 24.3 Å². The fourth-order valence-corrected chi connectivity index (χ4v) is 5.47. The molecule has 0 N–H and O–H groups in total. The highest BCUT2D eigenvalue weighted by Crippen LogP contribution is 2.29. The lowest BCUT2D eigenvalue weighted by Crippen LogP contribution is -2.49. The summed E-state index contributed by atoms with van der Waals surface area (Å²) < 4.78 is 40.9. The van der Waals surface area contributed by atoms with E-state index < -0.39 is 16.1 Å². The third-order valence-electron chi connectivity index (χ3n) is 4.46. The fourth-order valence-electron chi connectivity index (χ4n) is 3.04. The van der Waals surface area contributed by atoms with E-state index in [0.29, 0.717) is 23.1 Å². The first kappa shape index (κ1) is 20.2. The summed E-state index contributed by atoms with van der Waals surface area (Å²) in [5, 5.41) is 9.69. The van der Waals surface area contributed by atoms with Crippen LogP contribution in [0.2, 0.25) is 5.02 Å². The van der Waals surface area contributed by atoms with E-state index in [1.165, 1.54) is 22.5 Å². The zero-order valence-corrected chi connectivity index (χ0v) is 17.3. The molecular formula is C18H16BrClFN3O2S. The molecule has 0 radical (unpaired) electrons. The van der Waals surface area contributed by atoms with Crippen LogP contribution in [0.3, 0.4) is 0 Å². The summed E-state index contributed by atoms with van der Waals surface area (Å²) >= 11 is 9.37. The summed E-state index contributed by atoms with van der Waals surface area (Å²) in [6, 6.07) is 12.1. The van der Waals surface area contributed by atoms with Crippen LogP contribution in [0.5, 0.6) is 0 Å². The molecule has 5 nitrogen and oxygen atoms in total. The van der Waals surface area contributed by atoms with E-state index >= 15 is 0 Å². The Morgan fingerprint density at radius 3 is 2.30 bits per heavy atom. The van der Waals surface area contributed by atoms with Crippen LogP contribution in [0.25, 0.3) is 0 Å². The molecule has 1 aliphatic rings. The molecule has 0 aliphatic carbocycles. The molecule has 0 unspecified atom stereocenters. The number of halogens is 3. The second kappa shape index (κ2) is 8.25. The Kier molecular flexibility index (Phi) is 6.18. The Labute approximate surface area is 171 Å². The number of benzene rings is 2. The SMILES string of the molecule is N#C[C@H](c1ccc(F)cc1)N1CCN(S(=O)(=O)c2ccc(Br)cc2Cl)CC1. The molecular weight excluding hydrogens is 457 g/mol. The molecule has 0 spiro atoms. The highest BCUT2D eigenvalue weighted by molar-refractivity contribution is 9.10. The summed E-state index contributed by atoms with van der Waals surface area (Å²) in [4.78, 5) is 1.96. The lowest BCUT2D eigenvalue weighted by atomic mass is 10.1. The summed E-state index contributed by atoms with van der Waals surface area (Å²) in [7, 11) is -3.71. The van der Waals surface area contributed by atoms with Crippen LogP contribution in [0.4, 0.5) is 4.39 Å². The van der Waals surface area contributed by atoms with Gasteiger partial charge in [0.1, 0.15) is 16.8 Å². The second-order valence-electron chi connectivity index (χ2n) is 6.10. The molecule has 0 saturated carbocycles. The lowest BCUT2D eigenvalue weighted by Gasteiger charge is -2.36. The summed E-state index contributed by atoms with van der Waals surface area (Å²) in [5.74, 6) is -0.363. The predicted octanol–water partition coefficient (Wildman–Crippen LogP) is 3.81. The summed E-state index contributed by atoms with van der Waals surface area (Å²) in [6.07, 6.45) is 0. The molecule has 0 bridgehead atoms. The highest BCUT2D eigenvalue weighted by atomic mass is 79.9. The third-order valence-corrected chi connectivity index (χ3v) is 7.33. The van der Waals surface area contributed by atoms with Gasteiger partial charge < -0.3 is 0 Å². The Morgan fingerprint density at radius 1 is 1.11 bits per heavy atom. The first-order chi connectivity index (χ1) is 12.8. The molecule has 1 heterocycles. The quantitative estimate of drug-likeness (QED) is 0.679. The van der Waals surface area contributed by atoms with E-state index in [2.05, 4.69) is 22.0 Å². The molecule has 3 rings (SSSR count). The van der Waals surface area contributed by atoms with Crippen molar-refractivity contribution in [3.63, 3.8) is 0 Å². The Balaban J connectivity index is 1.74. The maximum atomic E-state index is 13.1. The van der Waals surface area contributed by atoms with Gasteiger partial charge in [-0.1, -0.05) is 39.7 Å². The molecule has 1 atom stereocenters. The van der Waals surface area contributed by atoms with Gasteiger partial charge in [-0.2, -0.15) is 9.57 Å². The predicted molar refractivity (Wildman–Crippen MR) is 104 cm³/mol. The summed E-state index contributed by atoms with van der Waals surface area (Å²) in [5.41, 5.74) is 0.686. The van der Waals surface area contributed by atoms with Crippen molar-refractivity contribution in [2.75, 3.05) is 26.2 Å². The van der Waals surface area contributed by atoms with E-state index in [4.69, 9.17) is 11.6 Å². The highest BCUT2D eigenvalue weighted by Gasteiger charge is 2.32. The van der Waals surface area contributed by atoms with Gasteiger partial charge >= 0.3 is 0 Å². The van der Waals surface area contributed by atoms with Crippen LogP contribution in [-0.2, 0) is 10.0 Å². The van der Waals surface area contributed by atoms with Crippen LogP contribution in [-0.4, -0.2) is 43.8 Å². The van der Waals surface area contributed by atoms with Gasteiger partial charge in [0.2, 0.25) is 10.0 Å². The standard InChI is InChI=1S/C18H16BrClFN3O2S/c19-14-3-6-18(16(20)11-14)27(25,26)24-9-7-23(8-10-24)17(12-22)13-1-4-15(21)5-2-13/h1-6,11,17H,7-10H2/t17-/m1/s1. The van der Waals surface area contributed by atoms with Gasteiger partial charge in [-0.3, -0.25) is 4.90 Å². The van der Waals surface area contributed by atoms with Crippen molar-refractivity contribution in [3.8, 4) is 6.07 Å². The number of nitriles is 1. The molecule has 142 valence electrons. The van der Waals surface area contributed by atoms with Gasteiger partial charge in [0.25, 0.3) is 0 Å². The maximum Gasteiger partial charge on any atom is 0.244 e. The molecule has 9 heteroatoms. The molecule has 2 aromatic rings. The third kappa shape index (κ3) is 4.33. The molecule has 27 heavy (non-hydrogen) atoms. The van der Waals surface area contributed by atoms with Crippen LogP contribution >= 0.6 is 27.5 Å². The van der Waals surface area contributed by atoms with Gasteiger partial charge in [0.05, 0.1) is 11.1 Å². The number of hydrogen-bond acceptors (Lipinski definition) is 4. The molecule has 1 aliphatic heterocycles. The van der Waals surface area contributed by atoms with Crippen molar-refractivity contribution in [1.82, 2.24) is 9.21 Å². The average molecular weight is 473 g/mol. The van der Waals surface area contributed by atoms with Crippen molar-refractivity contribution in [2.24, 2.45) is 0 Å². The Bertz CT molecular complexity index is 971. The van der Waals surface area contributed by atoms with Gasteiger partial charge in [-0.15, -0.1) is 0 Å². The van der Waals surface area contributed by atoms with E-state index in [9.17, 15) is 18.1 Å². The van der Waals surface area contributed by atoms with E-state index in [0.717, 1.165) is 0 Å².